The van der Waals surface area contributed by atoms with Gasteiger partial charge in [-0.05, 0) is 98.0 Å². The zero-order chi connectivity index (χ0) is 30.4. The molecule has 0 aromatic heterocycles. The lowest BCUT2D eigenvalue weighted by Crippen LogP contribution is -2.13. The van der Waals surface area contributed by atoms with E-state index in [4.69, 9.17) is 4.74 Å². The van der Waals surface area contributed by atoms with E-state index < -0.39 is 0 Å². The van der Waals surface area contributed by atoms with E-state index in [1.165, 1.54) is 76.2 Å². The molecule has 0 amide bonds. The lowest BCUT2D eigenvalue weighted by molar-refractivity contribution is 0.304. The molecule has 5 heteroatoms. The molecule has 0 saturated heterocycles. The summed E-state index contributed by atoms with van der Waals surface area (Å²) in [7, 11) is 0. The molecule has 4 aromatic rings. The minimum Gasteiger partial charge on any atom is -0.494 e. The third-order valence-electron chi connectivity index (χ3n) is 8.95. The van der Waals surface area contributed by atoms with Gasteiger partial charge >= 0.3 is 0 Å². The van der Waals surface area contributed by atoms with E-state index in [2.05, 4.69) is 70.7 Å². The SMILES string of the molecule is CCCCCCCOc1ccc(N=Nc2ccc(N=Nc3ccc(C4CCC(CCCC)CC4)cc3)c3ccccc23)cc1. The van der Waals surface area contributed by atoms with Gasteiger partial charge in [-0.15, -0.1) is 10.2 Å². The lowest BCUT2D eigenvalue weighted by Gasteiger charge is -2.28. The molecule has 0 bridgehead atoms. The highest BCUT2D eigenvalue weighted by atomic mass is 16.5. The maximum Gasteiger partial charge on any atom is 0.119 e. The molecule has 1 aliphatic carbocycles. The van der Waals surface area contributed by atoms with Gasteiger partial charge in [0.2, 0.25) is 0 Å². The van der Waals surface area contributed by atoms with E-state index in [1.54, 1.807) is 0 Å². The summed E-state index contributed by atoms with van der Waals surface area (Å²) < 4.78 is 5.89. The predicted octanol–water partition coefficient (Wildman–Crippen LogP) is 13.5. The number of benzene rings is 4. The molecule has 0 atom stereocenters. The first-order valence-corrected chi connectivity index (χ1v) is 16.9. The van der Waals surface area contributed by atoms with Crippen molar-refractivity contribution in [3.63, 3.8) is 0 Å². The van der Waals surface area contributed by atoms with Crippen LogP contribution in [0.25, 0.3) is 10.8 Å². The fourth-order valence-electron chi connectivity index (χ4n) is 6.26. The Balaban J connectivity index is 1.19. The van der Waals surface area contributed by atoms with E-state index in [9.17, 15) is 0 Å². The molecular weight excluding hydrogens is 540 g/mol. The predicted molar refractivity (Wildman–Crippen MR) is 184 cm³/mol. The molecule has 1 aliphatic rings. The Morgan fingerprint density at radius 2 is 1.14 bits per heavy atom. The smallest absolute Gasteiger partial charge is 0.119 e. The van der Waals surface area contributed by atoms with Gasteiger partial charge in [0.15, 0.2) is 0 Å². The number of hydrogen-bond acceptors (Lipinski definition) is 5. The van der Waals surface area contributed by atoms with Gasteiger partial charge in [-0.2, -0.15) is 10.2 Å². The number of fused-ring (bicyclic) bond motifs is 1. The fraction of sp³-hybridized carbons (Fsp3) is 0.436. The second-order valence-electron chi connectivity index (χ2n) is 12.3. The second-order valence-corrected chi connectivity index (χ2v) is 12.3. The molecule has 0 spiro atoms. The number of rotatable bonds is 15. The van der Waals surface area contributed by atoms with Crippen LogP contribution in [0.2, 0.25) is 0 Å². The average molecular weight is 589 g/mol. The maximum atomic E-state index is 5.89. The van der Waals surface area contributed by atoms with Gasteiger partial charge in [0.25, 0.3) is 0 Å². The van der Waals surface area contributed by atoms with Crippen LogP contribution in [0.3, 0.4) is 0 Å². The minimum atomic E-state index is 0.681. The monoisotopic (exact) mass is 588 g/mol. The van der Waals surface area contributed by atoms with Crippen molar-refractivity contribution < 1.29 is 4.74 Å². The Morgan fingerprint density at radius 3 is 1.73 bits per heavy atom. The molecular formula is C39H48N4O. The Labute approximate surface area is 263 Å². The lowest BCUT2D eigenvalue weighted by atomic mass is 9.77. The third-order valence-corrected chi connectivity index (χ3v) is 8.95. The second kappa shape index (κ2) is 16.8. The minimum absolute atomic E-state index is 0.681. The molecule has 1 saturated carbocycles. The maximum absolute atomic E-state index is 5.89. The van der Waals surface area contributed by atoms with Crippen LogP contribution in [0.1, 0.15) is 102 Å². The molecule has 0 aliphatic heterocycles. The average Bonchev–Trinajstić information content (AvgIpc) is 3.08. The molecule has 0 radical (unpaired) electrons. The Hall–Kier alpha value is -3.86. The number of ether oxygens (including phenoxy) is 1. The summed E-state index contributed by atoms with van der Waals surface area (Å²) in [5.74, 6) is 2.49. The van der Waals surface area contributed by atoms with Crippen LogP contribution in [0.4, 0.5) is 22.7 Å². The van der Waals surface area contributed by atoms with E-state index in [-0.39, 0.29) is 0 Å². The Bertz CT molecular complexity index is 1490. The van der Waals surface area contributed by atoms with Crippen molar-refractivity contribution in [1.29, 1.82) is 0 Å². The topological polar surface area (TPSA) is 58.7 Å². The van der Waals surface area contributed by atoms with Gasteiger partial charge in [0.1, 0.15) is 5.75 Å². The molecule has 44 heavy (non-hydrogen) atoms. The molecule has 0 unspecified atom stereocenters. The summed E-state index contributed by atoms with van der Waals surface area (Å²) in [6.07, 6.45) is 15.6. The van der Waals surface area contributed by atoms with E-state index in [0.717, 1.165) is 58.2 Å². The van der Waals surface area contributed by atoms with Crippen molar-refractivity contribution >= 4 is 33.5 Å². The summed E-state index contributed by atoms with van der Waals surface area (Å²) >= 11 is 0. The van der Waals surface area contributed by atoms with Gasteiger partial charge in [-0.1, -0.05) is 95.2 Å². The molecule has 230 valence electrons. The highest BCUT2D eigenvalue weighted by Crippen LogP contribution is 2.39. The van der Waals surface area contributed by atoms with Crippen LogP contribution in [0, 0.1) is 5.92 Å². The highest BCUT2D eigenvalue weighted by Gasteiger charge is 2.21. The van der Waals surface area contributed by atoms with Crippen LogP contribution < -0.4 is 4.74 Å². The van der Waals surface area contributed by atoms with Gasteiger partial charge in [0.05, 0.1) is 29.4 Å². The number of hydrogen-bond donors (Lipinski definition) is 0. The van der Waals surface area contributed by atoms with Crippen molar-refractivity contribution in [3.05, 3.63) is 90.5 Å². The van der Waals surface area contributed by atoms with Gasteiger partial charge < -0.3 is 4.74 Å². The van der Waals surface area contributed by atoms with Gasteiger partial charge in [-0.25, -0.2) is 0 Å². The summed E-state index contributed by atoms with van der Waals surface area (Å²) in [6, 6.07) is 28.7. The molecule has 1 fully saturated rings. The van der Waals surface area contributed by atoms with Crippen molar-refractivity contribution in [2.45, 2.75) is 96.8 Å². The van der Waals surface area contributed by atoms with Crippen molar-refractivity contribution in [2.75, 3.05) is 6.61 Å². The van der Waals surface area contributed by atoms with E-state index in [1.807, 2.05) is 48.5 Å². The quantitative estimate of drug-likeness (QED) is 0.101. The molecule has 5 rings (SSSR count). The Kier molecular flexibility index (Phi) is 12.1. The van der Waals surface area contributed by atoms with Crippen molar-refractivity contribution in [1.82, 2.24) is 0 Å². The molecule has 4 aromatic carbocycles. The van der Waals surface area contributed by atoms with Crippen molar-refractivity contribution in [3.8, 4) is 5.75 Å². The number of nitrogens with zero attached hydrogens (tertiary/aromatic N) is 4. The standard InChI is InChI=1S/C39H48N4O/c1-3-5-7-8-11-29-44-35-25-23-34(24-26-35)41-43-39-28-27-38(36-13-9-10-14-37(36)39)42-40-33-21-19-32(20-22-33)31-17-15-30(16-18-31)12-6-4-2/h9-10,13-14,19-28,30-31H,3-8,11-12,15-18,29H2,1-2H3. The van der Waals surface area contributed by atoms with Crippen LogP contribution in [-0.4, -0.2) is 6.61 Å². The van der Waals surface area contributed by atoms with Crippen LogP contribution >= 0.6 is 0 Å². The fourth-order valence-corrected chi connectivity index (χ4v) is 6.26. The van der Waals surface area contributed by atoms with Gasteiger partial charge in [0, 0.05) is 10.8 Å². The summed E-state index contributed by atoms with van der Waals surface area (Å²) in [5, 5.41) is 20.3. The Morgan fingerprint density at radius 1 is 0.568 bits per heavy atom. The largest absolute Gasteiger partial charge is 0.494 e. The van der Waals surface area contributed by atoms with E-state index >= 15 is 0 Å². The highest BCUT2D eigenvalue weighted by molar-refractivity contribution is 5.99. The molecule has 0 N–H and O–H groups in total. The number of unbranched alkanes of at least 4 members (excludes halogenated alkanes) is 5. The van der Waals surface area contributed by atoms with Gasteiger partial charge in [-0.3, -0.25) is 0 Å². The summed E-state index contributed by atoms with van der Waals surface area (Å²) in [5.41, 5.74) is 4.74. The summed E-state index contributed by atoms with van der Waals surface area (Å²) in [4.78, 5) is 0. The molecule has 0 heterocycles. The van der Waals surface area contributed by atoms with Crippen LogP contribution in [0.5, 0.6) is 5.75 Å². The first-order valence-electron chi connectivity index (χ1n) is 16.9. The zero-order valence-electron chi connectivity index (χ0n) is 26.6. The zero-order valence-corrected chi connectivity index (χ0v) is 26.6. The van der Waals surface area contributed by atoms with Crippen molar-refractivity contribution in [2.24, 2.45) is 26.4 Å². The normalized spacial score (nSPS) is 17.1. The van der Waals surface area contributed by atoms with Crippen LogP contribution in [-0.2, 0) is 0 Å². The molecule has 5 nitrogen and oxygen atoms in total. The van der Waals surface area contributed by atoms with Crippen LogP contribution in [0.15, 0.2) is 105 Å². The van der Waals surface area contributed by atoms with E-state index in [0.29, 0.717) is 5.92 Å². The third kappa shape index (κ3) is 9.07. The summed E-state index contributed by atoms with van der Waals surface area (Å²) in [6.45, 7) is 5.29. The number of azo groups is 2. The first kappa shape index (κ1) is 31.6. The first-order chi connectivity index (χ1) is 21.7.